The summed E-state index contributed by atoms with van der Waals surface area (Å²) in [6.45, 7) is 0. The molecule has 1 heterocycles. The zero-order chi connectivity index (χ0) is 23.8. The number of carbonyl (C=O) groups excluding carboxylic acids is 1. The lowest BCUT2D eigenvalue weighted by Crippen LogP contribution is -2.15. The van der Waals surface area contributed by atoms with Crippen LogP contribution in [0.3, 0.4) is 0 Å². The van der Waals surface area contributed by atoms with Crippen LogP contribution in [0.1, 0.15) is 5.82 Å². The van der Waals surface area contributed by atoms with E-state index in [0.717, 1.165) is 16.4 Å². The van der Waals surface area contributed by atoms with Gasteiger partial charge in [-0.05, 0) is 36.4 Å². The molecule has 0 aliphatic heterocycles. The third-order valence-corrected chi connectivity index (χ3v) is 6.78. The van der Waals surface area contributed by atoms with Crippen LogP contribution in [-0.4, -0.2) is 40.6 Å². The predicted molar refractivity (Wildman–Crippen MR) is 136 cm³/mol. The molecule has 0 unspecified atom stereocenters. The number of carbonyl (C=O) groups is 1. The van der Waals surface area contributed by atoms with Crippen molar-refractivity contribution in [1.82, 2.24) is 14.8 Å². The minimum atomic E-state index is -0.170. The lowest BCUT2D eigenvalue weighted by atomic mass is 10.2. The summed E-state index contributed by atoms with van der Waals surface area (Å²) in [7, 11) is 3.13. The van der Waals surface area contributed by atoms with Gasteiger partial charge in [0, 0.05) is 16.6 Å². The van der Waals surface area contributed by atoms with Crippen molar-refractivity contribution in [2.45, 2.75) is 15.8 Å². The number of hydrogen-bond donors (Lipinski definition) is 1. The maximum atomic E-state index is 12.7. The van der Waals surface area contributed by atoms with Gasteiger partial charge in [0.25, 0.3) is 0 Å². The molecule has 1 N–H and O–H groups in total. The fourth-order valence-electron chi connectivity index (χ4n) is 3.21. The Labute approximate surface area is 206 Å². The summed E-state index contributed by atoms with van der Waals surface area (Å²) in [6, 6.07) is 25.4. The van der Waals surface area contributed by atoms with E-state index < -0.39 is 0 Å². The molecule has 174 valence electrons. The van der Waals surface area contributed by atoms with E-state index in [0.29, 0.717) is 28.1 Å². The van der Waals surface area contributed by atoms with Crippen LogP contribution >= 0.6 is 23.5 Å². The minimum Gasteiger partial charge on any atom is -0.497 e. The van der Waals surface area contributed by atoms with E-state index in [1.165, 1.54) is 11.8 Å². The van der Waals surface area contributed by atoms with Gasteiger partial charge < -0.3 is 14.8 Å². The first kappa shape index (κ1) is 23.7. The molecule has 0 aliphatic rings. The second kappa shape index (κ2) is 11.6. The van der Waals surface area contributed by atoms with Crippen LogP contribution in [-0.2, 0) is 10.5 Å². The van der Waals surface area contributed by atoms with Gasteiger partial charge in [0.15, 0.2) is 5.16 Å². The molecule has 4 aromatic rings. The molecule has 34 heavy (non-hydrogen) atoms. The van der Waals surface area contributed by atoms with Gasteiger partial charge in [0.1, 0.15) is 17.3 Å². The minimum absolute atomic E-state index is 0.170. The lowest BCUT2D eigenvalue weighted by molar-refractivity contribution is -0.113. The monoisotopic (exact) mass is 492 g/mol. The second-order valence-corrected chi connectivity index (χ2v) is 9.07. The number of anilines is 1. The first-order chi connectivity index (χ1) is 16.7. The Morgan fingerprint density at radius 1 is 0.912 bits per heavy atom. The van der Waals surface area contributed by atoms with Crippen molar-refractivity contribution in [1.29, 1.82) is 0 Å². The first-order valence-corrected chi connectivity index (χ1v) is 12.5. The summed E-state index contributed by atoms with van der Waals surface area (Å²) in [5.41, 5.74) is 1.54. The van der Waals surface area contributed by atoms with Crippen LogP contribution in [0.2, 0.25) is 0 Å². The van der Waals surface area contributed by atoms with Gasteiger partial charge in [0.2, 0.25) is 5.91 Å². The lowest BCUT2D eigenvalue weighted by Gasteiger charge is -2.12. The smallest absolute Gasteiger partial charge is 0.234 e. The molecule has 1 amide bonds. The molecular weight excluding hydrogens is 468 g/mol. The normalized spacial score (nSPS) is 10.6. The number of nitrogens with zero attached hydrogens (tertiary/aromatic N) is 3. The molecule has 0 saturated carbocycles. The van der Waals surface area contributed by atoms with Gasteiger partial charge in [0.05, 0.1) is 31.4 Å². The fourth-order valence-corrected chi connectivity index (χ4v) is 4.81. The van der Waals surface area contributed by atoms with Crippen LogP contribution in [0.25, 0.3) is 5.69 Å². The van der Waals surface area contributed by atoms with Crippen LogP contribution in [0.4, 0.5) is 5.69 Å². The molecule has 4 rings (SSSR count). The largest absolute Gasteiger partial charge is 0.497 e. The molecule has 3 aromatic carbocycles. The van der Waals surface area contributed by atoms with E-state index >= 15 is 0 Å². The van der Waals surface area contributed by atoms with Crippen LogP contribution in [0.15, 0.2) is 88.9 Å². The van der Waals surface area contributed by atoms with Gasteiger partial charge >= 0.3 is 0 Å². The third-order valence-electron chi connectivity index (χ3n) is 4.84. The molecule has 1 aromatic heterocycles. The Kier molecular flexibility index (Phi) is 8.11. The fraction of sp³-hybridized carbons (Fsp3) is 0.160. The predicted octanol–water partition coefficient (Wildman–Crippen LogP) is 5.31. The molecule has 0 bridgehead atoms. The van der Waals surface area contributed by atoms with E-state index in [9.17, 15) is 4.79 Å². The number of para-hydroxylation sites is 1. The highest BCUT2D eigenvalue weighted by Crippen LogP contribution is 2.30. The van der Waals surface area contributed by atoms with E-state index in [2.05, 4.69) is 27.6 Å². The summed E-state index contributed by atoms with van der Waals surface area (Å²) in [6.07, 6.45) is 0. The molecule has 0 saturated heterocycles. The van der Waals surface area contributed by atoms with Gasteiger partial charge in [-0.1, -0.05) is 48.2 Å². The number of benzene rings is 3. The van der Waals surface area contributed by atoms with Crippen molar-refractivity contribution in [3.63, 3.8) is 0 Å². The van der Waals surface area contributed by atoms with Crippen LogP contribution in [0, 0.1) is 0 Å². The number of methoxy groups -OCH3 is 2. The second-order valence-electron chi connectivity index (χ2n) is 7.07. The summed E-state index contributed by atoms with van der Waals surface area (Å²) >= 11 is 3.03. The molecule has 0 atom stereocenters. The van der Waals surface area contributed by atoms with Crippen molar-refractivity contribution in [2.75, 3.05) is 25.3 Å². The maximum Gasteiger partial charge on any atom is 0.234 e. The SMILES string of the molecule is COc1ccc(NC(=O)CSc2nnc(CSc3ccccc3)n2-c2ccccc2)c(OC)c1. The molecule has 7 nitrogen and oxygen atoms in total. The Morgan fingerprint density at radius 3 is 2.35 bits per heavy atom. The van der Waals surface area contributed by atoms with E-state index in [1.54, 1.807) is 44.2 Å². The maximum absolute atomic E-state index is 12.7. The summed E-state index contributed by atoms with van der Waals surface area (Å²) in [5.74, 6) is 2.66. The Hall–Kier alpha value is -3.43. The van der Waals surface area contributed by atoms with Gasteiger partial charge in [-0.2, -0.15) is 0 Å². The molecule has 9 heteroatoms. The zero-order valence-electron chi connectivity index (χ0n) is 18.8. The van der Waals surface area contributed by atoms with E-state index in [1.807, 2.05) is 53.1 Å². The number of nitrogens with one attached hydrogen (secondary N) is 1. The Morgan fingerprint density at radius 2 is 1.65 bits per heavy atom. The number of aromatic nitrogens is 3. The molecule has 0 fully saturated rings. The molecular formula is C25H24N4O3S2. The van der Waals surface area contributed by atoms with Gasteiger partial charge in [-0.3, -0.25) is 9.36 Å². The zero-order valence-corrected chi connectivity index (χ0v) is 20.4. The number of ether oxygens (including phenoxy) is 2. The average Bonchev–Trinajstić information content (AvgIpc) is 3.30. The van der Waals surface area contributed by atoms with Crippen molar-refractivity contribution in [3.05, 3.63) is 84.7 Å². The number of amides is 1. The van der Waals surface area contributed by atoms with Gasteiger partial charge in [-0.15, -0.1) is 22.0 Å². The summed E-state index contributed by atoms with van der Waals surface area (Å²) in [4.78, 5) is 13.9. The van der Waals surface area contributed by atoms with Crippen molar-refractivity contribution in [2.24, 2.45) is 0 Å². The first-order valence-electron chi connectivity index (χ1n) is 10.5. The number of thioether (sulfide) groups is 2. The van der Waals surface area contributed by atoms with Crippen LogP contribution < -0.4 is 14.8 Å². The topological polar surface area (TPSA) is 78.3 Å². The highest BCUT2D eigenvalue weighted by Gasteiger charge is 2.17. The van der Waals surface area contributed by atoms with Crippen LogP contribution in [0.5, 0.6) is 11.5 Å². The number of rotatable bonds is 10. The van der Waals surface area contributed by atoms with Crippen molar-refractivity contribution in [3.8, 4) is 17.2 Å². The Balaban J connectivity index is 1.48. The van der Waals surface area contributed by atoms with E-state index in [4.69, 9.17) is 9.47 Å². The summed E-state index contributed by atoms with van der Waals surface area (Å²) < 4.78 is 12.6. The highest BCUT2D eigenvalue weighted by molar-refractivity contribution is 7.99. The molecule has 0 radical (unpaired) electrons. The molecule has 0 spiro atoms. The van der Waals surface area contributed by atoms with Gasteiger partial charge in [-0.25, -0.2) is 0 Å². The summed E-state index contributed by atoms with van der Waals surface area (Å²) in [5, 5.41) is 12.4. The Bertz CT molecular complexity index is 1230. The van der Waals surface area contributed by atoms with Crippen molar-refractivity contribution < 1.29 is 14.3 Å². The third kappa shape index (κ3) is 5.92. The standard InChI is InChI=1S/C25H24N4O3S2/c1-31-19-13-14-21(22(15-19)32-2)26-24(30)17-34-25-28-27-23(16-33-20-11-7-4-8-12-20)29(25)18-9-5-3-6-10-18/h3-15H,16-17H2,1-2H3,(H,26,30). The molecule has 0 aliphatic carbocycles. The quantitative estimate of drug-likeness (QED) is 0.301. The number of hydrogen-bond acceptors (Lipinski definition) is 7. The van der Waals surface area contributed by atoms with E-state index in [-0.39, 0.29) is 11.7 Å². The average molecular weight is 493 g/mol. The van der Waals surface area contributed by atoms with Crippen molar-refractivity contribution >= 4 is 35.1 Å². The highest BCUT2D eigenvalue weighted by atomic mass is 32.2.